The fraction of sp³-hybridized carbons (Fsp3) is 0.696. The van der Waals surface area contributed by atoms with E-state index in [0.29, 0.717) is 50.4 Å². The van der Waals surface area contributed by atoms with Crippen molar-refractivity contribution in [1.29, 1.82) is 0 Å². The van der Waals surface area contributed by atoms with Gasteiger partial charge < -0.3 is 9.64 Å². The molecule has 0 aliphatic carbocycles. The van der Waals surface area contributed by atoms with Crippen LogP contribution in [-0.4, -0.2) is 53.5 Å². The summed E-state index contributed by atoms with van der Waals surface area (Å²) in [6.45, 7) is 6.99. The topological polar surface area (TPSA) is 62.7 Å². The molecule has 1 fully saturated rings. The molecule has 8 heteroatoms. The van der Waals surface area contributed by atoms with Crippen LogP contribution in [0.4, 0.5) is 19.4 Å². The van der Waals surface area contributed by atoms with E-state index in [4.69, 9.17) is 4.74 Å². The number of aryl methyl sites for hydroxylation is 2. The zero-order valence-corrected chi connectivity index (χ0v) is 18.7. The highest BCUT2D eigenvalue weighted by Crippen LogP contribution is 2.33. The number of halogens is 2. The Morgan fingerprint density at radius 1 is 1.29 bits per heavy atom. The number of fused-ring (bicyclic) bond motifs is 1. The van der Waals surface area contributed by atoms with Crippen LogP contribution in [0.15, 0.2) is 12.1 Å². The first kappa shape index (κ1) is 23.4. The van der Waals surface area contributed by atoms with Crippen molar-refractivity contribution in [2.75, 3.05) is 24.5 Å². The van der Waals surface area contributed by atoms with Crippen LogP contribution in [-0.2, 0) is 22.4 Å². The Hall–Kier alpha value is -2.25. The van der Waals surface area contributed by atoms with E-state index in [1.54, 1.807) is 9.80 Å². The van der Waals surface area contributed by atoms with Crippen molar-refractivity contribution in [2.24, 2.45) is 5.92 Å². The molecule has 2 aliphatic heterocycles. The second kappa shape index (κ2) is 9.49. The fourth-order valence-corrected chi connectivity index (χ4v) is 4.29. The number of carbonyl (C=O) groups excluding carboxylic acids is 2. The predicted molar refractivity (Wildman–Crippen MR) is 114 cm³/mol. The van der Waals surface area contributed by atoms with E-state index in [-0.39, 0.29) is 18.8 Å². The summed E-state index contributed by atoms with van der Waals surface area (Å²) >= 11 is 0. The molecule has 2 aliphatic rings. The first-order chi connectivity index (χ1) is 14.6. The van der Waals surface area contributed by atoms with Crippen LogP contribution in [0.1, 0.15) is 64.1 Å². The van der Waals surface area contributed by atoms with Crippen molar-refractivity contribution in [3.05, 3.63) is 23.4 Å². The summed E-state index contributed by atoms with van der Waals surface area (Å²) in [7, 11) is 0. The summed E-state index contributed by atoms with van der Waals surface area (Å²) in [5, 5.41) is 0. The lowest BCUT2D eigenvalue weighted by atomic mass is 9.96. The Morgan fingerprint density at radius 3 is 2.74 bits per heavy atom. The van der Waals surface area contributed by atoms with Gasteiger partial charge in [0.1, 0.15) is 11.4 Å². The van der Waals surface area contributed by atoms with Crippen molar-refractivity contribution in [3.63, 3.8) is 0 Å². The SMILES string of the molecule is CC(C)(C)OC(=O)N1CCCc2ccc(CCCC(F)(F)C[C@@H]3CCN(C=O)C3)nc21. The molecular weight excluding hydrogens is 404 g/mol. The van der Waals surface area contributed by atoms with E-state index in [9.17, 15) is 18.4 Å². The van der Waals surface area contributed by atoms with Crippen LogP contribution in [0.3, 0.4) is 0 Å². The summed E-state index contributed by atoms with van der Waals surface area (Å²) in [6.07, 6.45) is 2.97. The molecule has 1 atom stereocenters. The molecule has 0 spiro atoms. The van der Waals surface area contributed by atoms with Crippen molar-refractivity contribution in [1.82, 2.24) is 9.88 Å². The molecule has 6 nitrogen and oxygen atoms in total. The molecule has 0 aromatic carbocycles. The van der Waals surface area contributed by atoms with Crippen LogP contribution in [0.25, 0.3) is 0 Å². The molecule has 31 heavy (non-hydrogen) atoms. The average molecular weight is 438 g/mol. The number of aromatic nitrogens is 1. The number of anilines is 1. The first-order valence-corrected chi connectivity index (χ1v) is 11.1. The summed E-state index contributed by atoms with van der Waals surface area (Å²) in [4.78, 5) is 31.1. The van der Waals surface area contributed by atoms with Crippen LogP contribution in [0.5, 0.6) is 0 Å². The molecular formula is C23H33F2N3O3. The molecule has 172 valence electrons. The lowest BCUT2D eigenvalue weighted by molar-refractivity contribution is -0.117. The number of amides is 2. The molecule has 2 amide bonds. The Labute approximate surface area is 182 Å². The summed E-state index contributed by atoms with van der Waals surface area (Å²) < 4.78 is 34.3. The summed E-state index contributed by atoms with van der Waals surface area (Å²) in [5.41, 5.74) is 1.09. The lowest BCUT2D eigenvalue weighted by Crippen LogP contribution is -2.40. The van der Waals surface area contributed by atoms with E-state index in [1.165, 1.54) is 0 Å². The van der Waals surface area contributed by atoms with Gasteiger partial charge in [-0.1, -0.05) is 6.07 Å². The molecule has 0 saturated carbocycles. The number of alkyl halides is 2. The largest absolute Gasteiger partial charge is 0.443 e. The smallest absolute Gasteiger partial charge is 0.416 e. The van der Waals surface area contributed by atoms with Gasteiger partial charge in [-0.15, -0.1) is 0 Å². The maximum Gasteiger partial charge on any atom is 0.416 e. The lowest BCUT2D eigenvalue weighted by Gasteiger charge is -2.31. The fourth-order valence-electron chi connectivity index (χ4n) is 4.29. The summed E-state index contributed by atoms with van der Waals surface area (Å²) in [6, 6.07) is 3.81. The van der Waals surface area contributed by atoms with Crippen molar-refractivity contribution in [3.8, 4) is 0 Å². The molecule has 0 radical (unpaired) electrons. The van der Waals surface area contributed by atoms with Gasteiger partial charge in [0, 0.05) is 38.2 Å². The van der Waals surface area contributed by atoms with E-state index in [2.05, 4.69) is 4.98 Å². The van der Waals surface area contributed by atoms with Crippen LogP contribution in [0, 0.1) is 5.92 Å². The van der Waals surface area contributed by atoms with Gasteiger partial charge in [0.2, 0.25) is 12.3 Å². The Bertz CT molecular complexity index is 795. The van der Waals surface area contributed by atoms with Crippen molar-refractivity contribution >= 4 is 18.3 Å². The minimum atomic E-state index is -2.75. The monoisotopic (exact) mass is 437 g/mol. The van der Waals surface area contributed by atoms with Crippen LogP contribution >= 0.6 is 0 Å². The maximum absolute atomic E-state index is 14.4. The second-order valence-corrected chi connectivity index (χ2v) is 9.69. The number of rotatable bonds is 7. The van der Waals surface area contributed by atoms with Crippen LogP contribution in [0.2, 0.25) is 0 Å². The number of pyridine rings is 1. The quantitative estimate of drug-likeness (QED) is 0.585. The highest BCUT2D eigenvalue weighted by Gasteiger charge is 2.35. The minimum absolute atomic E-state index is 0.135. The minimum Gasteiger partial charge on any atom is -0.443 e. The van der Waals surface area contributed by atoms with Gasteiger partial charge in [-0.25, -0.2) is 18.6 Å². The van der Waals surface area contributed by atoms with Gasteiger partial charge in [0.05, 0.1) is 0 Å². The predicted octanol–water partition coefficient (Wildman–Crippen LogP) is 4.60. The maximum atomic E-state index is 14.4. The molecule has 3 heterocycles. The third kappa shape index (κ3) is 6.61. The number of carbonyl (C=O) groups is 2. The molecule has 1 aromatic heterocycles. The number of likely N-dealkylation sites (tertiary alicyclic amines) is 1. The van der Waals surface area contributed by atoms with E-state index in [0.717, 1.165) is 24.8 Å². The molecule has 0 unspecified atom stereocenters. The van der Waals surface area contributed by atoms with Gasteiger partial charge in [0.25, 0.3) is 0 Å². The van der Waals surface area contributed by atoms with Gasteiger partial charge in [-0.3, -0.25) is 9.69 Å². The third-order valence-corrected chi connectivity index (χ3v) is 5.74. The molecule has 1 saturated heterocycles. The average Bonchev–Trinajstić information content (AvgIpc) is 3.12. The number of hydrogen-bond acceptors (Lipinski definition) is 4. The Balaban J connectivity index is 1.57. The van der Waals surface area contributed by atoms with Crippen molar-refractivity contribution in [2.45, 2.75) is 77.2 Å². The molecule has 1 aromatic rings. The number of nitrogens with zero attached hydrogens (tertiary/aromatic N) is 3. The third-order valence-electron chi connectivity index (χ3n) is 5.74. The van der Waals surface area contributed by atoms with E-state index < -0.39 is 17.6 Å². The van der Waals surface area contributed by atoms with E-state index >= 15 is 0 Å². The molecule has 3 rings (SSSR count). The molecule has 0 bridgehead atoms. The van der Waals surface area contributed by atoms with Crippen molar-refractivity contribution < 1.29 is 23.1 Å². The van der Waals surface area contributed by atoms with Gasteiger partial charge in [-0.2, -0.15) is 0 Å². The Morgan fingerprint density at radius 2 is 2.06 bits per heavy atom. The van der Waals surface area contributed by atoms with Gasteiger partial charge in [0.15, 0.2) is 0 Å². The molecule has 0 N–H and O–H groups in total. The first-order valence-electron chi connectivity index (χ1n) is 11.1. The van der Waals surface area contributed by atoms with Crippen LogP contribution < -0.4 is 4.90 Å². The zero-order valence-electron chi connectivity index (χ0n) is 18.7. The second-order valence-electron chi connectivity index (χ2n) is 9.69. The highest BCUT2D eigenvalue weighted by atomic mass is 19.3. The number of ether oxygens (including phenoxy) is 1. The summed E-state index contributed by atoms with van der Waals surface area (Å²) in [5.74, 6) is -2.30. The number of hydrogen-bond donors (Lipinski definition) is 0. The zero-order chi connectivity index (χ0) is 22.6. The van der Waals surface area contributed by atoms with E-state index in [1.807, 2.05) is 32.9 Å². The Kier molecular flexibility index (Phi) is 7.17. The normalized spacial score (nSPS) is 19.3. The van der Waals surface area contributed by atoms with Gasteiger partial charge >= 0.3 is 6.09 Å². The highest BCUT2D eigenvalue weighted by molar-refractivity contribution is 5.88. The standard InChI is InChI=1S/C23H33F2N3O3/c1-22(2,3)31-21(30)28-12-5-6-18-8-9-19(26-20(18)28)7-4-11-23(24,25)14-17-10-13-27(15-17)16-29/h8-9,16-17H,4-7,10-15H2,1-3H3/t17-/m0/s1. The van der Waals surface area contributed by atoms with Gasteiger partial charge in [-0.05, 0) is 70.4 Å².